The SMILES string of the molecule is COc1cccc2c1CNC(=S)O2. The summed E-state index contributed by atoms with van der Waals surface area (Å²) >= 11 is 4.89. The van der Waals surface area contributed by atoms with Gasteiger partial charge in [0.25, 0.3) is 5.17 Å². The highest BCUT2D eigenvalue weighted by Crippen LogP contribution is 2.30. The zero-order valence-corrected chi connectivity index (χ0v) is 7.98. The third-order valence-electron chi connectivity index (χ3n) is 1.92. The minimum absolute atomic E-state index is 0.417. The quantitative estimate of drug-likeness (QED) is 0.687. The van der Waals surface area contributed by atoms with Crippen molar-refractivity contribution in [2.45, 2.75) is 6.54 Å². The van der Waals surface area contributed by atoms with Crippen molar-refractivity contribution in [3.63, 3.8) is 0 Å². The largest absolute Gasteiger partial charge is 0.496 e. The summed E-state index contributed by atoms with van der Waals surface area (Å²) in [5, 5.41) is 3.36. The minimum Gasteiger partial charge on any atom is -0.496 e. The predicted octanol–water partition coefficient (Wildman–Crippen LogP) is 1.46. The molecule has 0 fully saturated rings. The van der Waals surface area contributed by atoms with Crippen LogP contribution < -0.4 is 14.8 Å². The molecule has 0 bridgehead atoms. The molecule has 0 spiro atoms. The number of thiocarbonyl (C=S) groups is 1. The molecule has 68 valence electrons. The summed E-state index contributed by atoms with van der Waals surface area (Å²) in [5.41, 5.74) is 1.01. The first kappa shape index (κ1) is 8.31. The maximum absolute atomic E-state index is 5.31. The molecule has 1 aliphatic rings. The van der Waals surface area contributed by atoms with Crippen LogP contribution in [0.4, 0.5) is 0 Å². The van der Waals surface area contributed by atoms with Crippen molar-refractivity contribution in [2.24, 2.45) is 0 Å². The Kier molecular flexibility index (Phi) is 2.06. The van der Waals surface area contributed by atoms with E-state index in [-0.39, 0.29) is 0 Å². The highest BCUT2D eigenvalue weighted by molar-refractivity contribution is 7.80. The maximum Gasteiger partial charge on any atom is 0.262 e. The summed E-state index contributed by atoms with van der Waals surface area (Å²) < 4.78 is 10.5. The Hall–Kier alpha value is -1.29. The van der Waals surface area contributed by atoms with Crippen LogP contribution in [0.2, 0.25) is 0 Å². The van der Waals surface area contributed by atoms with Gasteiger partial charge in [0.1, 0.15) is 11.5 Å². The summed E-state index contributed by atoms with van der Waals surface area (Å²) in [6, 6.07) is 5.66. The molecule has 0 unspecified atom stereocenters. The van der Waals surface area contributed by atoms with Crippen molar-refractivity contribution in [3.05, 3.63) is 23.8 Å². The Bertz CT molecular complexity index is 351. The van der Waals surface area contributed by atoms with Crippen LogP contribution in [0.3, 0.4) is 0 Å². The van der Waals surface area contributed by atoms with Gasteiger partial charge >= 0.3 is 0 Å². The number of ether oxygens (including phenoxy) is 2. The lowest BCUT2D eigenvalue weighted by molar-refractivity contribution is 0.398. The molecule has 4 heteroatoms. The minimum atomic E-state index is 0.417. The van der Waals surface area contributed by atoms with Gasteiger partial charge in [0.2, 0.25) is 0 Å². The van der Waals surface area contributed by atoms with Crippen molar-refractivity contribution in [1.82, 2.24) is 5.32 Å². The zero-order chi connectivity index (χ0) is 9.26. The normalized spacial score (nSPS) is 14.1. The molecule has 1 aliphatic heterocycles. The summed E-state index contributed by atoms with van der Waals surface area (Å²) in [5.74, 6) is 1.61. The van der Waals surface area contributed by atoms with Gasteiger partial charge < -0.3 is 14.8 Å². The van der Waals surface area contributed by atoms with Gasteiger partial charge in [-0.2, -0.15) is 0 Å². The second kappa shape index (κ2) is 3.22. The second-order valence-electron chi connectivity index (χ2n) is 2.68. The maximum atomic E-state index is 5.31. The third-order valence-corrected chi connectivity index (χ3v) is 2.15. The van der Waals surface area contributed by atoms with Crippen LogP contribution in [-0.2, 0) is 6.54 Å². The number of methoxy groups -OCH3 is 1. The fourth-order valence-corrected chi connectivity index (χ4v) is 1.47. The van der Waals surface area contributed by atoms with Crippen LogP contribution in [0.15, 0.2) is 18.2 Å². The van der Waals surface area contributed by atoms with E-state index in [9.17, 15) is 0 Å². The molecular weight excluding hydrogens is 186 g/mol. The van der Waals surface area contributed by atoms with E-state index in [1.54, 1.807) is 7.11 Å². The molecule has 1 aromatic carbocycles. The Morgan fingerprint density at radius 3 is 3.15 bits per heavy atom. The van der Waals surface area contributed by atoms with E-state index in [4.69, 9.17) is 21.7 Å². The molecule has 0 saturated carbocycles. The van der Waals surface area contributed by atoms with Gasteiger partial charge in [0.05, 0.1) is 19.2 Å². The summed E-state index contributed by atoms with van der Waals surface area (Å²) in [6.45, 7) is 0.665. The van der Waals surface area contributed by atoms with E-state index in [2.05, 4.69) is 5.32 Å². The molecule has 0 saturated heterocycles. The van der Waals surface area contributed by atoms with E-state index in [1.165, 1.54) is 0 Å². The number of rotatable bonds is 1. The lowest BCUT2D eigenvalue weighted by Crippen LogP contribution is -2.31. The van der Waals surface area contributed by atoms with Crippen LogP contribution >= 0.6 is 12.2 Å². The molecule has 2 rings (SSSR count). The summed E-state index contributed by atoms with van der Waals surface area (Å²) in [7, 11) is 1.64. The number of fused-ring (bicyclic) bond motifs is 1. The van der Waals surface area contributed by atoms with E-state index < -0.39 is 0 Å². The van der Waals surface area contributed by atoms with Crippen molar-refractivity contribution >= 4 is 17.4 Å². The highest BCUT2D eigenvalue weighted by atomic mass is 32.1. The fourth-order valence-electron chi connectivity index (χ4n) is 1.30. The Morgan fingerprint density at radius 2 is 2.38 bits per heavy atom. The van der Waals surface area contributed by atoms with Crippen LogP contribution in [-0.4, -0.2) is 12.3 Å². The molecule has 1 N–H and O–H groups in total. The van der Waals surface area contributed by atoms with Crippen molar-refractivity contribution in [1.29, 1.82) is 0 Å². The van der Waals surface area contributed by atoms with Crippen molar-refractivity contribution in [2.75, 3.05) is 7.11 Å². The monoisotopic (exact) mass is 195 g/mol. The predicted molar refractivity (Wildman–Crippen MR) is 53.1 cm³/mol. The van der Waals surface area contributed by atoms with Crippen molar-refractivity contribution < 1.29 is 9.47 Å². The molecule has 0 aromatic heterocycles. The number of nitrogens with one attached hydrogen (secondary N) is 1. The number of benzene rings is 1. The first-order valence-corrected chi connectivity index (χ1v) is 4.33. The summed E-state index contributed by atoms with van der Waals surface area (Å²) in [6.07, 6.45) is 0. The standard InChI is InChI=1S/C9H9NO2S/c1-11-7-3-2-4-8-6(7)5-10-9(13)12-8/h2-4H,5H2,1H3,(H,10,13). The first-order chi connectivity index (χ1) is 6.31. The van der Waals surface area contributed by atoms with Gasteiger partial charge in [-0.1, -0.05) is 6.07 Å². The van der Waals surface area contributed by atoms with Gasteiger partial charge in [0.15, 0.2) is 0 Å². The van der Waals surface area contributed by atoms with Gasteiger partial charge in [-0.05, 0) is 24.4 Å². The Labute approximate surface area is 81.7 Å². The van der Waals surface area contributed by atoms with Gasteiger partial charge in [0, 0.05) is 0 Å². The lowest BCUT2D eigenvalue weighted by Gasteiger charge is -2.20. The molecule has 0 radical (unpaired) electrons. The van der Waals surface area contributed by atoms with Gasteiger partial charge in [-0.3, -0.25) is 0 Å². The average molecular weight is 195 g/mol. The molecule has 0 atom stereocenters. The third kappa shape index (κ3) is 1.45. The van der Waals surface area contributed by atoms with Crippen molar-refractivity contribution in [3.8, 4) is 11.5 Å². The summed E-state index contributed by atoms with van der Waals surface area (Å²) in [4.78, 5) is 0. The molecule has 3 nitrogen and oxygen atoms in total. The smallest absolute Gasteiger partial charge is 0.262 e. The van der Waals surface area contributed by atoms with E-state index in [0.29, 0.717) is 11.7 Å². The number of hydrogen-bond acceptors (Lipinski definition) is 3. The van der Waals surface area contributed by atoms with Gasteiger partial charge in [-0.25, -0.2) is 0 Å². The Morgan fingerprint density at radius 1 is 1.54 bits per heavy atom. The molecule has 13 heavy (non-hydrogen) atoms. The van der Waals surface area contributed by atoms with Crippen LogP contribution in [0.1, 0.15) is 5.56 Å². The van der Waals surface area contributed by atoms with Crippen LogP contribution in [0.5, 0.6) is 11.5 Å². The molecular formula is C9H9NO2S. The zero-order valence-electron chi connectivity index (χ0n) is 7.16. The molecule has 1 heterocycles. The fraction of sp³-hybridized carbons (Fsp3) is 0.222. The topological polar surface area (TPSA) is 30.5 Å². The molecule has 1 aromatic rings. The van der Waals surface area contributed by atoms with E-state index >= 15 is 0 Å². The molecule has 0 aliphatic carbocycles. The average Bonchev–Trinajstić information content (AvgIpc) is 2.16. The lowest BCUT2D eigenvalue weighted by atomic mass is 10.1. The van der Waals surface area contributed by atoms with E-state index in [1.807, 2.05) is 18.2 Å². The first-order valence-electron chi connectivity index (χ1n) is 3.93. The second-order valence-corrected chi connectivity index (χ2v) is 3.05. The van der Waals surface area contributed by atoms with Gasteiger partial charge in [-0.15, -0.1) is 0 Å². The number of hydrogen-bond donors (Lipinski definition) is 1. The van der Waals surface area contributed by atoms with E-state index in [0.717, 1.165) is 17.1 Å². The van der Waals surface area contributed by atoms with Crippen LogP contribution in [0, 0.1) is 0 Å². The highest BCUT2D eigenvalue weighted by Gasteiger charge is 2.16. The molecule has 0 amide bonds. The Balaban J connectivity index is 2.45. The van der Waals surface area contributed by atoms with Crippen LogP contribution in [0.25, 0.3) is 0 Å².